The number of carboxylic acids is 1. The van der Waals surface area contributed by atoms with Gasteiger partial charge in [-0.25, -0.2) is 0 Å². The molecule has 4 aliphatic carbocycles. The van der Waals surface area contributed by atoms with Crippen molar-refractivity contribution in [1.29, 1.82) is 0 Å². The summed E-state index contributed by atoms with van der Waals surface area (Å²) in [5.74, 6) is -0.326. The van der Waals surface area contributed by atoms with Gasteiger partial charge in [0.15, 0.2) is 5.78 Å². The minimum atomic E-state index is -1.05. The molecule has 0 amide bonds. The van der Waals surface area contributed by atoms with Gasteiger partial charge >= 0.3 is 5.97 Å². The van der Waals surface area contributed by atoms with E-state index < -0.39 is 23.1 Å². The lowest BCUT2D eigenvalue weighted by molar-refractivity contribution is -0.162. The van der Waals surface area contributed by atoms with Crippen molar-refractivity contribution in [2.45, 2.75) is 70.5 Å². The number of hydrogen-bond donors (Lipinski definition) is 3. The van der Waals surface area contributed by atoms with E-state index in [0.29, 0.717) is 19.3 Å². The van der Waals surface area contributed by atoms with E-state index in [1.807, 2.05) is 6.92 Å². The average Bonchev–Trinajstić information content (AvgIpc) is 2.85. The van der Waals surface area contributed by atoms with Crippen molar-refractivity contribution in [2.24, 2.45) is 28.6 Å². The quantitative estimate of drug-likeness (QED) is 0.706. The van der Waals surface area contributed by atoms with E-state index in [1.165, 1.54) is 0 Å². The summed E-state index contributed by atoms with van der Waals surface area (Å²) in [6.07, 6.45) is 8.76. The van der Waals surface area contributed by atoms with Crippen LogP contribution < -0.4 is 0 Å². The summed E-state index contributed by atoms with van der Waals surface area (Å²) in [5.41, 5.74) is -0.720. The fraction of sp³-hybridized carbons (Fsp3) is 0.727. The molecule has 0 aromatic rings. The van der Waals surface area contributed by atoms with Gasteiger partial charge in [0.25, 0.3) is 0 Å². The van der Waals surface area contributed by atoms with Crippen LogP contribution in [0.5, 0.6) is 0 Å². The number of rotatable bonds is 3. The molecule has 4 rings (SSSR count). The minimum absolute atomic E-state index is 0.0433. The Balaban J connectivity index is 1.71. The van der Waals surface area contributed by atoms with Gasteiger partial charge in [0.1, 0.15) is 0 Å². The molecule has 0 saturated heterocycles. The third-order valence-electron chi connectivity index (χ3n) is 8.53. The fourth-order valence-corrected chi connectivity index (χ4v) is 6.95. The molecule has 0 aromatic carbocycles. The van der Waals surface area contributed by atoms with Crippen molar-refractivity contribution in [2.75, 3.05) is 0 Å². The second-order valence-corrected chi connectivity index (χ2v) is 9.71. The second kappa shape index (κ2) is 6.02. The van der Waals surface area contributed by atoms with Crippen LogP contribution in [0.25, 0.3) is 0 Å². The van der Waals surface area contributed by atoms with Crippen LogP contribution in [0.15, 0.2) is 23.8 Å². The highest BCUT2D eigenvalue weighted by atomic mass is 16.4. The number of aliphatic carboxylic acids is 1. The molecule has 0 spiro atoms. The lowest BCUT2D eigenvalue weighted by Crippen LogP contribution is -2.59. The standard InChI is InChI=1S/C22H30O5/c1-20-8-5-14(23)11-13(20)3-4-15-16-6-9-22(27,10-7-18(25)26)21(16,2)12-17(24)19(15)20/h3-4,11,15-17,19,24,27H,5-10,12H2,1-2H3,(H,25,26)/t15-,16-,17+,19+,20-,21-,22?/m0/s1. The molecule has 27 heavy (non-hydrogen) atoms. The van der Waals surface area contributed by atoms with Crippen molar-refractivity contribution in [3.63, 3.8) is 0 Å². The Morgan fingerprint density at radius 2 is 2.04 bits per heavy atom. The van der Waals surface area contributed by atoms with Crippen molar-refractivity contribution >= 4 is 11.8 Å². The zero-order chi connectivity index (χ0) is 19.6. The third-order valence-corrected chi connectivity index (χ3v) is 8.53. The topological polar surface area (TPSA) is 94.8 Å². The highest BCUT2D eigenvalue weighted by molar-refractivity contribution is 5.92. The molecule has 3 N–H and O–H groups in total. The smallest absolute Gasteiger partial charge is 0.303 e. The monoisotopic (exact) mass is 374 g/mol. The number of aliphatic hydroxyl groups excluding tert-OH is 1. The molecule has 0 radical (unpaired) electrons. The molecule has 2 saturated carbocycles. The predicted octanol–water partition coefficient (Wildman–Crippen LogP) is 2.86. The van der Waals surface area contributed by atoms with Gasteiger partial charge in [-0.1, -0.05) is 26.0 Å². The number of carbonyl (C=O) groups excluding carboxylic acids is 1. The first kappa shape index (κ1) is 18.9. The molecular weight excluding hydrogens is 344 g/mol. The molecule has 0 heterocycles. The SMILES string of the molecule is C[C@]12CCC(=O)C=C1C=C[C@@H]1[C@@H]2[C@H](O)C[C@@]2(C)[C@H]1CCC2(O)CCC(=O)O. The Kier molecular flexibility index (Phi) is 4.21. The summed E-state index contributed by atoms with van der Waals surface area (Å²) in [4.78, 5) is 23.0. The maximum atomic E-state index is 11.9. The Morgan fingerprint density at radius 1 is 1.30 bits per heavy atom. The summed E-state index contributed by atoms with van der Waals surface area (Å²) in [5, 5.41) is 31.7. The van der Waals surface area contributed by atoms with E-state index in [2.05, 4.69) is 19.1 Å². The number of hydrogen-bond acceptors (Lipinski definition) is 4. The molecule has 0 aromatic heterocycles. The van der Waals surface area contributed by atoms with Gasteiger partial charge in [0, 0.05) is 24.2 Å². The Hall–Kier alpha value is -1.46. The number of allylic oxidation sites excluding steroid dienone is 4. The average molecular weight is 374 g/mol. The molecule has 0 aliphatic heterocycles. The lowest BCUT2D eigenvalue weighted by Gasteiger charge is -2.59. The van der Waals surface area contributed by atoms with E-state index >= 15 is 0 Å². The van der Waals surface area contributed by atoms with E-state index in [1.54, 1.807) is 6.08 Å². The third kappa shape index (κ3) is 2.58. The molecule has 1 unspecified atom stereocenters. The number of ketones is 1. The highest BCUT2D eigenvalue weighted by Gasteiger charge is 2.65. The van der Waals surface area contributed by atoms with E-state index in [9.17, 15) is 19.8 Å². The molecule has 0 bridgehead atoms. The summed E-state index contributed by atoms with van der Waals surface area (Å²) < 4.78 is 0. The summed E-state index contributed by atoms with van der Waals surface area (Å²) in [6, 6.07) is 0. The molecule has 5 heteroatoms. The summed E-state index contributed by atoms with van der Waals surface area (Å²) >= 11 is 0. The minimum Gasteiger partial charge on any atom is -0.481 e. The maximum Gasteiger partial charge on any atom is 0.303 e. The molecule has 7 atom stereocenters. The van der Waals surface area contributed by atoms with Gasteiger partial charge in [-0.2, -0.15) is 0 Å². The summed E-state index contributed by atoms with van der Waals surface area (Å²) in [6.45, 7) is 4.21. The van der Waals surface area contributed by atoms with Crippen molar-refractivity contribution in [1.82, 2.24) is 0 Å². The van der Waals surface area contributed by atoms with Crippen molar-refractivity contribution in [3.8, 4) is 0 Å². The van der Waals surface area contributed by atoms with Gasteiger partial charge in [-0.15, -0.1) is 0 Å². The largest absolute Gasteiger partial charge is 0.481 e. The van der Waals surface area contributed by atoms with Gasteiger partial charge in [-0.05, 0) is 61.0 Å². The first-order chi connectivity index (χ1) is 12.6. The van der Waals surface area contributed by atoms with Crippen LogP contribution in [0.2, 0.25) is 0 Å². The summed E-state index contributed by atoms with van der Waals surface area (Å²) in [7, 11) is 0. The molecule has 148 valence electrons. The van der Waals surface area contributed by atoms with Crippen LogP contribution in [0, 0.1) is 28.6 Å². The normalized spacial score (nSPS) is 48.4. The van der Waals surface area contributed by atoms with E-state index in [-0.39, 0.29) is 41.8 Å². The number of carbonyl (C=O) groups is 2. The van der Waals surface area contributed by atoms with Crippen LogP contribution in [0.4, 0.5) is 0 Å². The first-order valence-corrected chi connectivity index (χ1v) is 10.2. The first-order valence-electron chi connectivity index (χ1n) is 10.2. The fourth-order valence-electron chi connectivity index (χ4n) is 6.95. The van der Waals surface area contributed by atoms with Gasteiger partial charge < -0.3 is 15.3 Å². The zero-order valence-electron chi connectivity index (χ0n) is 16.1. The highest BCUT2D eigenvalue weighted by Crippen LogP contribution is 2.66. The van der Waals surface area contributed by atoms with Gasteiger partial charge in [-0.3, -0.25) is 9.59 Å². The lowest BCUT2D eigenvalue weighted by atomic mass is 9.47. The number of fused-ring (bicyclic) bond motifs is 5. The predicted molar refractivity (Wildman–Crippen MR) is 99.8 cm³/mol. The van der Waals surface area contributed by atoms with Gasteiger partial charge in [0.05, 0.1) is 11.7 Å². The van der Waals surface area contributed by atoms with Crippen molar-refractivity contribution < 1.29 is 24.9 Å². The van der Waals surface area contributed by atoms with Crippen LogP contribution in [-0.2, 0) is 9.59 Å². The van der Waals surface area contributed by atoms with Gasteiger partial charge in [0.2, 0.25) is 0 Å². The van der Waals surface area contributed by atoms with E-state index in [0.717, 1.165) is 18.4 Å². The maximum absolute atomic E-state index is 11.9. The van der Waals surface area contributed by atoms with Crippen LogP contribution in [0.1, 0.15) is 58.8 Å². The van der Waals surface area contributed by atoms with Crippen LogP contribution >= 0.6 is 0 Å². The molecular formula is C22H30O5. The molecule has 5 nitrogen and oxygen atoms in total. The molecule has 4 aliphatic rings. The zero-order valence-corrected chi connectivity index (χ0v) is 16.1. The number of carboxylic acid groups (broad SMARTS) is 1. The van der Waals surface area contributed by atoms with Crippen LogP contribution in [-0.4, -0.2) is 38.8 Å². The number of aliphatic hydroxyl groups is 2. The second-order valence-electron chi connectivity index (χ2n) is 9.71. The Bertz CT molecular complexity index is 739. The Labute approximate surface area is 160 Å². The molecule has 2 fully saturated rings. The van der Waals surface area contributed by atoms with Crippen LogP contribution in [0.3, 0.4) is 0 Å². The Morgan fingerprint density at radius 3 is 2.74 bits per heavy atom. The van der Waals surface area contributed by atoms with E-state index in [4.69, 9.17) is 5.11 Å². The van der Waals surface area contributed by atoms with Crippen molar-refractivity contribution in [3.05, 3.63) is 23.8 Å².